The summed E-state index contributed by atoms with van der Waals surface area (Å²) in [6.07, 6.45) is -0.0770. The van der Waals surface area contributed by atoms with E-state index in [1.807, 2.05) is 12.1 Å². The van der Waals surface area contributed by atoms with Crippen molar-refractivity contribution < 1.29 is 19.4 Å². The lowest BCUT2D eigenvalue weighted by Gasteiger charge is -2.33. The van der Waals surface area contributed by atoms with Gasteiger partial charge in [-0.05, 0) is 17.7 Å². The standard InChI is InChI=1S/C18H22Cl2N4O4S3/c19-13-2-1-11(5-14(13)20)7-24-3-4-28-12(8-24)6-21-15(25)9-29-17-22-23-18(31-17)30-10-16(26)27/h1-2,5,12,17,22H,3-4,6-10H2,(H,21,25)(H,26,27)/t12-,17?/m0/s1. The molecule has 3 rings (SSSR count). The first-order chi connectivity index (χ1) is 14.9. The van der Waals surface area contributed by atoms with Gasteiger partial charge in [-0.25, -0.2) is 0 Å². The Balaban J connectivity index is 1.33. The minimum absolute atomic E-state index is 0.0329. The number of carbonyl (C=O) groups excluding carboxylic acids is 1. The monoisotopic (exact) mass is 524 g/mol. The molecule has 0 spiro atoms. The summed E-state index contributed by atoms with van der Waals surface area (Å²) < 4.78 is 6.34. The second kappa shape index (κ2) is 12.4. The third kappa shape index (κ3) is 8.56. The summed E-state index contributed by atoms with van der Waals surface area (Å²) in [5, 5.41) is 16.8. The average Bonchev–Trinajstić information content (AvgIpc) is 3.20. The summed E-state index contributed by atoms with van der Waals surface area (Å²) in [6, 6.07) is 5.63. The summed E-state index contributed by atoms with van der Waals surface area (Å²) in [5.74, 6) is -0.723. The molecule has 2 heterocycles. The Bertz CT molecular complexity index is 833. The number of hydrogen-bond acceptors (Lipinski definition) is 9. The van der Waals surface area contributed by atoms with Crippen molar-refractivity contribution in [3.63, 3.8) is 0 Å². The fraction of sp³-hybridized carbons (Fsp3) is 0.500. The van der Waals surface area contributed by atoms with E-state index in [9.17, 15) is 9.59 Å². The van der Waals surface area contributed by atoms with E-state index >= 15 is 0 Å². The van der Waals surface area contributed by atoms with Crippen LogP contribution >= 0.6 is 58.5 Å². The van der Waals surface area contributed by atoms with Gasteiger partial charge in [0.1, 0.15) is 4.71 Å². The number of amides is 1. The lowest BCUT2D eigenvalue weighted by Crippen LogP contribution is -2.47. The number of benzene rings is 1. The third-order valence-corrected chi connectivity index (χ3v) is 8.55. The summed E-state index contributed by atoms with van der Waals surface area (Å²) in [7, 11) is 0. The Morgan fingerprint density at radius 1 is 1.35 bits per heavy atom. The van der Waals surface area contributed by atoms with E-state index in [0.717, 1.165) is 30.4 Å². The molecule has 1 aromatic rings. The van der Waals surface area contributed by atoms with E-state index in [4.69, 9.17) is 33.0 Å². The van der Waals surface area contributed by atoms with Gasteiger partial charge in [-0.3, -0.25) is 19.9 Å². The number of hydrogen-bond donors (Lipinski definition) is 3. The van der Waals surface area contributed by atoms with Gasteiger partial charge in [-0.2, -0.15) is 5.10 Å². The molecule has 31 heavy (non-hydrogen) atoms. The maximum atomic E-state index is 12.2. The van der Waals surface area contributed by atoms with E-state index in [1.165, 1.54) is 23.5 Å². The highest BCUT2D eigenvalue weighted by Crippen LogP contribution is 2.31. The fourth-order valence-corrected chi connectivity index (χ4v) is 6.17. The number of rotatable bonds is 9. The predicted molar refractivity (Wildman–Crippen MR) is 129 cm³/mol. The van der Waals surface area contributed by atoms with Crippen molar-refractivity contribution in [2.24, 2.45) is 5.10 Å². The molecule has 1 unspecified atom stereocenters. The van der Waals surface area contributed by atoms with Crippen molar-refractivity contribution in [2.45, 2.75) is 17.4 Å². The van der Waals surface area contributed by atoms with E-state index in [-0.39, 0.29) is 28.2 Å². The number of nitrogens with one attached hydrogen (secondary N) is 2. The quantitative estimate of drug-likeness (QED) is 0.449. The van der Waals surface area contributed by atoms with Crippen LogP contribution in [-0.4, -0.2) is 74.8 Å². The summed E-state index contributed by atoms with van der Waals surface area (Å²) in [6.45, 7) is 3.32. The van der Waals surface area contributed by atoms with Crippen molar-refractivity contribution in [1.82, 2.24) is 15.6 Å². The first kappa shape index (κ1) is 24.8. The van der Waals surface area contributed by atoms with Gasteiger partial charge in [0.25, 0.3) is 0 Å². The lowest BCUT2D eigenvalue weighted by molar-refractivity contribution is -0.133. The minimum atomic E-state index is -0.885. The second-order valence-corrected chi connectivity index (χ2v) is 11.3. The molecule has 3 N–H and O–H groups in total. The molecule has 1 saturated heterocycles. The number of thioether (sulfide) groups is 3. The molecule has 1 amide bonds. The van der Waals surface area contributed by atoms with Crippen molar-refractivity contribution >= 4 is 74.7 Å². The maximum absolute atomic E-state index is 12.2. The number of hydrazone groups is 1. The van der Waals surface area contributed by atoms with Crippen LogP contribution < -0.4 is 10.7 Å². The van der Waals surface area contributed by atoms with Gasteiger partial charge >= 0.3 is 5.97 Å². The molecular weight excluding hydrogens is 503 g/mol. The normalized spacial score (nSPS) is 21.4. The van der Waals surface area contributed by atoms with Crippen molar-refractivity contribution in [1.29, 1.82) is 0 Å². The fourth-order valence-electron chi connectivity index (χ4n) is 2.88. The molecule has 0 aromatic heterocycles. The van der Waals surface area contributed by atoms with Crippen LogP contribution in [0.25, 0.3) is 0 Å². The molecule has 1 aromatic carbocycles. The Kier molecular flexibility index (Phi) is 9.95. The molecule has 0 saturated carbocycles. The number of aliphatic carboxylic acids is 1. The SMILES string of the molecule is O=C(O)CSC1=NNC(SCC(=O)NC[C@H]2CN(Cc3ccc(Cl)c(Cl)c3)CCO2)S1. The molecule has 8 nitrogen and oxygen atoms in total. The van der Waals surface area contributed by atoms with Gasteiger partial charge in [0.2, 0.25) is 5.91 Å². The molecule has 13 heteroatoms. The summed E-state index contributed by atoms with van der Waals surface area (Å²) >= 11 is 16.1. The van der Waals surface area contributed by atoms with E-state index in [2.05, 4.69) is 20.7 Å². The van der Waals surface area contributed by atoms with Crippen LogP contribution in [0.2, 0.25) is 10.0 Å². The molecular formula is C18H22Cl2N4O4S3. The van der Waals surface area contributed by atoms with Gasteiger partial charge in [-0.1, -0.05) is 52.8 Å². The number of carboxylic acids is 1. The zero-order valence-corrected chi connectivity index (χ0v) is 20.3. The Labute approximate surface area is 203 Å². The second-order valence-electron chi connectivity index (χ2n) is 6.73. The molecule has 0 aliphatic carbocycles. The molecule has 1 fully saturated rings. The van der Waals surface area contributed by atoms with Crippen molar-refractivity contribution in [3.05, 3.63) is 33.8 Å². The number of nitrogens with zero attached hydrogens (tertiary/aromatic N) is 2. The van der Waals surface area contributed by atoms with E-state index in [0.29, 0.717) is 34.1 Å². The predicted octanol–water partition coefficient (Wildman–Crippen LogP) is 2.75. The molecule has 0 radical (unpaired) electrons. The average molecular weight is 526 g/mol. The summed E-state index contributed by atoms with van der Waals surface area (Å²) in [4.78, 5) is 25.1. The molecule has 2 aliphatic heterocycles. The minimum Gasteiger partial charge on any atom is -0.481 e. The van der Waals surface area contributed by atoms with Gasteiger partial charge in [0.15, 0.2) is 4.38 Å². The number of ether oxygens (including phenoxy) is 1. The zero-order valence-electron chi connectivity index (χ0n) is 16.4. The highest BCUT2D eigenvalue weighted by molar-refractivity contribution is 8.42. The third-order valence-electron chi connectivity index (χ3n) is 4.29. The first-order valence-corrected chi connectivity index (χ1v) is 13.1. The summed E-state index contributed by atoms with van der Waals surface area (Å²) in [5.41, 5.74) is 3.98. The number of morpholine rings is 1. The van der Waals surface area contributed by atoms with Gasteiger partial charge in [0, 0.05) is 26.2 Å². The van der Waals surface area contributed by atoms with Crippen LogP contribution in [0.15, 0.2) is 23.3 Å². The van der Waals surface area contributed by atoms with Crippen LogP contribution in [0, 0.1) is 0 Å². The Morgan fingerprint density at radius 2 is 2.19 bits per heavy atom. The van der Waals surface area contributed by atoms with Crippen LogP contribution in [0.4, 0.5) is 0 Å². The first-order valence-electron chi connectivity index (χ1n) is 9.39. The maximum Gasteiger partial charge on any atom is 0.313 e. The smallest absolute Gasteiger partial charge is 0.313 e. The highest BCUT2D eigenvalue weighted by atomic mass is 35.5. The largest absolute Gasteiger partial charge is 0.481 e. The molecule has 0 bridgehead atoms. The molecule has 2 atom stereocenters. The zero-order chi connectivity index (χ0) is 22.2. The highest BCUT2D eigenvalue weighted by Gasteiger charge is 2.23. The van der Waals surface area contributed by atoms with Crippen molar-refractivity contribution in [2.75, 3.05) is 37.7 Å². The number of carboxylic acid groups (broad SMARTS) is 1. The van der Waals surface area contributed by atoms with E-state index < -0.39 is 5.97 Å². The number of carbonyl (C=O) groups is 2. The molecule has 2 aliphatic rings. The van der Waals surface area contributed by atoms with Crippen molar-refractivity contribution in [3.8, 4) is 0 Å². The van der Waals surface area contributed by atoms with Crippen LogP contribution in [0.1, 0.15) is 5.56 Å². The van der Waals surface area contributed by atoms with Gasteiger partial charge in [0.05, 0.1) is 34.3 Å². The van der Waals surface area contributed by atoms with Crippen LogP contribution in [0.3, 0.4) is 0 Å². The van der Waals surface area contributed by atoms with Gasteiger partial charge in [-0.15, -0.1) is 11.8 Å². The molecule has 170 valence electrons. The Morgan fingerprint density at radius 3 is 2.97 bits per heavy atom. The Hall–Kier alpha value is -0.820. The van der Waals surface area contributed by atoms with E-state index in [1.54, 1.807) is 6.07 Å². The lowest BCUT2D eigenvalue weighted by atomic mass is 10.2. The van der Waals surface area contributed by atoms with Crippen LogP contribution in [0.5, 0.6) is 0 Å². The topological polar surface area (TPSA) is 103 Å². The van der Waals surface area contributed by atoms with Gasteiger partial charge < -0.3 is 15.2 Å². The van der Waals surface area contributed by atoms with Crippen LogP contribution in [-0.2, 0) is 20.9 Å². The number of halogens is 2.